The van der Waals surface area contributed by atoms with Gasteiger partial charge in [-0.1, -0.05) is 35.9 Å². The monoisotopic (exact) mass is 373 g/mol. The van der Waals surface area contributed by atoms with E-state index in [1.165, 1.54) is 11.4 Å². The van der Waals surface area contributed by atoms with Crippen molar-refractivity contribution in [3.05, 3.63) is 59.7 Å². The number of hydrogen-bond donors (Lipinski definition) is 0. The number of nitrogens with zero attached hydrogens (tertiary/aromatic N) is 1. The van der Waals surface area contributed by atoms with Gasteiger partial charge in [-0.3, -0.25) is 9.10 Å². The van der Waals surface area contributed by atoms with Crippen molar-refractivity contribution in [2.75, 3.05) is 18.0 Å². The number of ether oxygens (including phenoxy) is 1. The van der Waals surface area contributed by atoms with Crippen LogP contribution in [0.3, 0.4) is 0 Å². The van der Waals surface area contributed by atoms with Gasteiger partial charge >= 0.3 is 5.97 Å². The zero-order valence-corrected chi connectivity index (χ0v) is 15.8. The molecular formula is C20H23NO4S. The highest BCUT2D eigenvalue weighted by molar-refractivity contribution is 7.92. The third-order valence-corrected chi connectivity index (χ3v) is 6.64. The van der Waals surface area contributed by atoms with Gasteiger partial charge in [-0.2, -0.15) is 0 Å². The molecule has 0 N–H and O–H groups in total. The van der Waals surface area contributed by atoms with Gasteiger partial charge in [0.25, 0.3) is 10.0 Å². The fourth-order valence-electron chi connectivity index (χ4n) is 3.40. The van der Waals surface area contributed by atoms with E-state index in [-0.39, 0.29) is 23.2 Å². The first-order valence-electron chi connectivity index (χ1n) is 8.68. The van der Waals surface area contributed by atoms with Crippen molar-refractivity contribution < 1.29 is 17.9 Å². The average molecular weight is 373 g/mol. The Morgan fingerprint density at radius 3 is 2.54 bits per heavy atom. The molecule has 1 heterocycles. The molecule has 2 aromatic carbocycles. The number of carbonyl (C=O) groups is 1. The number of sulfonamides is 1. The first kappa shape index (κ1) is 18.5. The van der Waals surface area contributed by atoms with Crippen LogP contribution in [-0.2, 0) is 19.6 Å². The Labute approximate surface area is 154 Å². The summed E-state index contributed by atoms with van der Waals surface area (Å²) in [7, 11) is -2.28. The summed E-state index contributed by atoms with van der Waals surface area (Å²) in [4.78, 5) is 12.1. The Kier molecular flexibility index (Phi) is 5.32. The minimum Gasteiger partial charge on any atom is -0.469 e. The van der Waals surface area contributed by atoms with Crippen molar-refractivity contribution >= 4 is 21.7 Å². The Hall–Kier alpha value is -2.34. The second-order valence-corrected chi connectivity index (χ2v) is 8.43. The molecule has 0 saturated carbocycles. The van der Waals surface area contributed by atoms with Gasteiger partial charge in [0.2, 0.25) is 0 Å². The SMILES string of the molecule is COC(=O)C[C@@H]1CCCN(S(=O)(=O)c2ccc(C)cc2)c2ccccc21. The molecule has 138 valence electrons. The van der Waals surface area contributed by atoms with Crippen LogP contribution in [0, 0.1) is 6.92 Å². The molecule has 6 heteroatoms. The standard InChI is InChI=1S/C20H23NO4S/c1-15-9-11-17(12-10-15)26(23,24)21-13-5-6-16(14-20(22)25-2)18-7-3-4-8-19(18)21/h3-4,7-12,16H,5-6,13-14H2,1-2H3/t16-/m0/s1. The summed E-state index contributed by atoms with van der Waals surface area (Å²) in [5.41, 5.74) is 2.55. The van der Waals surface area contributed by atoms with Crippen LogP contribution in [0.2, 0.25) is 0 Å². The van der Waals surface area contributed by atoms with Crippen LogP contribution in [0.5, 0.6) is 0 Å². The zero-order valence-electron chi connectivity index (χ0n) is 15.0. The molecule has 0 fully saturated rings. The molecule has 1 aliphatic rings. The van der Waals surface area contributed by atoms with E-state index in [0.717, 1.165) is 17.5 Å². The van der Waals surface area contributed by atoms with E-state index in [0.29, 0.717) is 18.7 Å². The molecule has 0 saturated heterocycles. The highest BCUT2D eigenvalue weighted by Crippen LogP contribution is 2.38. The number of hydrogen-bond acceptors (Lipinski definition) is 4. The molecule has 0 spiro atoms. The average Bonchev–Trinajstić information content (AvgIpc) is 2.82. The second-order valence-electron chi connectivity index (χ2n) is 6.57. The molecule has 5 nitrogen and oxygen atoms in total. The maximum atomic E-state index is 13.2. The van der Waals surface area contributed by atoms with E-state index in [4.69, 9.17) is 4.74 Å². The fraction of sp³-hybridized carbons (Fsp3) is 0.350. The summed E-state index contributed by atoms with van der Waals surface area (Å²) in [6, 6.07) is 14.3. The zero-order chi connectivity index (χ0) is 18.7. The lowest BCUT2D eigenvalue weighted by Crippen LogP contribution is -2.31. The lowest BCUT2D eigenvalue weighted by molar-refractivity contribution is -0.141. The summed E-state index contributed by atoms with van der Waals surface area (Å²) < 4.78 is 32.8. The minimum absolute atomic E-state index is 0.0446. The van der Waals surface area contributed by atoms with Crippen molar-refractivity contribution in [3.63, 3.8) is 0 Å². The molecular weight excluding hydrogens is 350 g/mol. The number of anilines is 1. The van der Waals surface area contributed by atoms with Crippen molar-refractivity contribution in [2.45, 2.75) is 37.0 Å². The van der Waals surface area contributed by atoms with Crippen molar-refractivity contribution in [1.29, 1.82) is 0 Å². The number of methoxy groups -OCH3 is 1. The number of para-hydroxylation sites is 1. The Morgan fingerprint density at radius 2 is 1.85 bits per heavy atom. The molecule has 1 atom stereocenters. The van der Waals surface area contributed by atoms with Crippen molar-refractivity contribution in [1.82, 2.24) is 0 Å². The van der Waals surface area contributed by atoms with Gasteiger partial charge in [0.05, 0.1) is 24.1 Å². The quantitative estimate of drug-likeness (QED) is 0.768. The Bertz CT molecular complexity index is 890. The first-order valence-corrected chi connectivity index (χ1v) is 10.1. The topological polar surface area (TPSA) is 63.7 Å². The molecule has 2 aromatic rings. The third kappa shape index (κ3) is 3.60. The summed E-state index contributed by atoms with van der Waals surface area (Å²) in [5, 5.41) is 0. The van der Waals surface area contributed by atoms with Gasteiger partial charge < -0.3 is 4.74 Å². The van der Waals surface area contributed by atoms with Crippen LogP contribution < -0.4 is 4.31 Å². The first-order chi connectivity index (χ1) is 12.4. The van der Waals surface area contributed by atoms with E-state index in [9.17, 15) is 13.2 Å². The summed E-state index contributed by atoms with van der Waals surface area (Å²) >= 11 is 0. The maximum absolute atomic E-state index is 13.2. The van der Waals surface area contributed by atoms with Crippen LogP contribution in [0.1, 0.15) is 36.3 Å². The molecule has 0 unspecified atom stereocenters. The maximum Gasteiger partial charge on any atom is 0.306 e. The molecule has 0 bridgehead atoms. The smallest absolute Gasteiger partial charge is 0.306 e. The number of aryl methyl sites for hydroxylation is 1. The van der Waals surface area contributed by atoms with Crippen LogP contribution in [-0.4, -0.2) is 28.0 Å². The molecule has 0 amide bonds. The highest BCUT2D eigenvalue weighted by Gasteiger charge is 2.31. The second kappa shape index (κ2) is 7.50. The lowest BCUT2D eigenvalue weighted by Gasteiger charge is -2.25. The van der Waals surface area contributed by atoms with Crippen molar-refractivity contribution in [3.8, 4) is 0 Å². The van der Waals surface area contributed by atoms with Crippen LogP contribution >= 0.6 is 0 Å². The number of benzene rings is 2. The molecule has 1 aliphatic heterocycles. The number of carbonyl (C=O) groups excluding carboxylic acids is 1. The van der Waals surface area contributed by atoms with E-state index in [2.05, 4.69) is 0 Å². The highest BCUT2D eigenvalue weighted by atomic mass is 32.2. The lowest BCUT2D eigenvalue weighted by atomic mass is 9.91. The molecule has 0 aliphatic carbocycles. The summed E-state index contributed by atoms with van der Waals surface area (Å²) in [5.74, 6) is -0.323. The van der Waals surface area contributed by atoms with Gasteiger partial charge in [0.1, 0.15) is 0 Å². The summed E-state index contributed by atoms with van der Waals surface area (Å²) in [6.07, 6.45) is 1.68. The normalized spacial score (nSPS) is 17.3. The van der Waals surface area contributed by atoms with Gasteiger partial charge in [0.15, 0.2) is 0 Å². The predicted octanol–water partition coefficient (Wildman–Crippen LogP) is 3.63. The minimum atomic E-state index is -3.66. The van der Waals surface area contributed by atoms with Crippen molar-refractivity contribution in [2.24, 2.45) is 0 Å². The van der Waals surface area contributed by atoms with Crippen LogP contribution in [0.25, 0.3) is 0 Å². The number of esters is 1. The molecule has 26 heavy (non-hydrogen) atoms. The van der Waals surface area contributed by atoms with Crippen LogP contribution in [0.4, 0.5) is 5.69 Å². The van der Waals surface area contributed by atoms with E-state index < -0.39 is 10.0 Å². The Balaban J connectivity index is 2.03. The Morgan fingerprint density at radius 1 is 1.15 bits per heavy atom. The van der Waals surface area contributed by atoms with Gasteiger partial charge in [-0.15, -0.1) is 0 Å². The van der Waals surface area contributed by atoms with Crippen LogP contribution in [0.15, 0.2) is 53.4 Å². The molecule has 0 aromatic heterocycles. The molecule has 3 rings (SSSR count). The van der Waals surface area contributed by atoms with Gasteiger partial charge in [-0.25, -0.2) is 8.42 Å². The largest absolute Gasteiger partial charge is 0.469 e. The van der Waals surface area contributed by atoms with E-state index in [1.54, 1.807) is 24.3 Å². The van der Waals surface area contributed by atoms with E-state index in [1.807, 2.05) is 31.2 Å². The predicted molar refractivity (Wildman–Crippen MR) is 101 cm³/mol. The van der Waals surface area contributed by atoms with Gasteiger partial charge in [0, 0.05) is 6.54 Å². The third-order valence-electron chi connectivity index (χ3n) is 4.81. The van der Waals surface area contributed by atoms with E-state index >= 15 is 0 Å². The summed E-state index contributed by atoms with van der Waals surface area (Å²) in [6.45, 7) is 2.32. The molecule has 0 radical (unpaired) electrons. The van der Waals surface area contributed by atoms with Gasteiger partial charge in [-0.05, 0) is 49.4 Å². The number of fused-ring (bicyclic) bond motifs is 1. The number of rotatable bonds is 4. The fourth-order valence-corrected chi connectivity index (χ4v) is 4.93.